The first kappa shape index (κ1) is 21.4. The van der Waals surface area contributed by atoms with E-state index in [0.29, 0.717) is 23.7 Å². The van der Waals surface area contributed by atoms with Crippen molar-refractivity contribution >= 4 is 23.5 Å². The van der Waals surface area contributed by atoms with Crippen molar-refractivity contribution in [2.24, 2.45) is 5.92 Å². The maximum absolute atomic E-state index is 9.61. The van der Waals surface area contributed by atoms with E-state index in [-0.39, 0.29) is 6.54 Å². The molecule has 0 atom stereocenters. The van der Waals surface area contributed by atoms with Crippen LogP contribution in [0.3, 0.4) is 0 Å². The van der Waals surface area contributed by atoms with E-state index in [1.807, 2.05) is 24.3 Å². The highest BCUT2D eigenvalue weighted by Gasteiger charge is 2.34. The van der Waals surface area contributed by atoms with Gasteiger partial charge in [0.1, 0.15) is 21.4 Å². The van der Waals surface area contributed by atoms with Gasteiger partial charge in [0.15, 0.2) is 13.7 Å². The smallest absolute Gasteiger partial charge is 0.178 e. The summed E-state index contributed by atoms with van der Waals surface area (Å²) in [6.45, 7) is 0.746. The van der Waals surface area contributed by atoms with Crippen LogP contribution >= 0.6 is 0 Å². The molecule has 3 N–H and O–H groups in total. The summed E-state index contributed by atoms with van der Waals surface area (Å²) in [5.74, 6) is -1.33. The number of aliphatic hydroxyl groups is 3. The Morgan fingerprint density at radius 1 is 1.08 bits per heavy atom. The van der Waals surface area contributed by atoms with E-state index in [4.69, 9.17) is 28.3 Å². The van der Waals surface area contributed by atoms with Crippen LogP contribution in [0.5, 0.6) is 5.75 Å². The van der Waals surface area contributed by atoms with Crippen LogP contribution in [-0.4, -0.2) is 68.2 Å². The molecule has 1 aliphatic carbocycles. The van der Waals surface area contributed by atoms with Gasteiger partial charge in [-0.15, -0.1) is 0 Å². The minimum absolute atomic E-state index is 0.000158. The fourth-order valence-electron chi connectivity index (χ4n) is 3.41. The third-order valence-corrected chi connectivity index (χ3v) is 4.79. The van der Waals surface area contributed by atoms with Gasteiger partial charge in [-0.05, 0) is 49.3 Å². The second-order valence-electron chi connectivity index (χ2n) is 7.19. The summed E-state index contributed by atoms with van der Waals surface area (Å²) in [6, 6.07) is 7.79. The van der Waals surface area contributed by atoms with Gasteiger partial charge in [0.25, 0.3) is 0 Å². The van der Waals surface area contributed by atoms with Crippen LogP contribution in [0.1, 0.15) is 44.1 Å². The molecule has 0 aliphatic heterocycles. The maximum atomic E-state index is 9.61. The molecule has 136 valence electrons. The van der Waals surface area contributed by atoms with Crippen molar-refractivity contribution in [3.8, 4) is 5.75 Å². The highest BCUT2D eigenvalue weighted by atomic mass is 16.5. The zero-order valence-corrected chi connectivity index (χ0v) is 15.2. The average Bonchev–Trinajstić information content (AvgIpc) is 2.56. The Labute approximate surface area is 160 Å². The molecule has 0 bridgehead atoms. The quantitative estimate of drug-likeness (QED) is 0.448. The van der Waals surface area contributed by atoms with E-state index in [2.05, 4.69) is 0 Å². The summed E-state index contributed by atoms with van der Waals surface area (Å²) in [5, 5.41) is 28.5. The van der Waals surface area contributed by atoms with E-state index in [1.165, 1.54) is 32.1 Å². The van der Waals surface area contributed by atoms with E-state index >= 15 is 0 Å². The normalized spacial score (nSPS) is 16.8. The van der Waals surface area contributed by atoms with Crippen LogP contribution < -0.4 is 4.74 Å². The van der Waals surface area contributed by atoms with E-state index in [9.17, 15) is 15.3 Å². The molecular weight excluding hydrogens is 327 g/mol. The molecule has 8 heteroatoms. The topological polar surface area (TPSA) is 73.2 Å². The van der Waals surface area contributed by atoms with Gasteiger partial charge in [-0.1, -0.05) is 31.4 Å². The Morgan fingerprint density at radius 2 is 1.77 bits per heavy atom. The van der Waals surface area contributed by atoms with Gasteiger partial charge in [0, 0.05) is 12.1 Å². The number of nitrogens with zero attached hydrogens (tertiary/aromatic N) is 1. The number of benzene rings is 1. The van der Waals surface area contributed by atoms with Crippen molar-refractivity contribution in [3.05, 3.63) is 29.8 Å². The van der Waals surface area contributed by atoms with Gasteiger partial charge in [-0.3, -0.25) is 4.90 Å². The van der Waals surface area contributed by atoms with Gasteiger partial charge in [-0.25, -0.2) is 0 Å². The van der Waals surface area contributed by atoms with E-state index in [1.54, 1.807) is 0 Å². The molecule has 0 unspecified atom stereocenters. The Bertz CT molecular complexity index is 540. The van der Waals surface area contributed by atoms with Crippen LogP contribution in [-0.2, 0) is 6.42 Å². The maximum Gasteiger partial charge on any atom is 0.178 e. The SMILES string of the molecule is [B]C([B])(O)N(CCCc1cccc(OCC2CCCCC2)c1)C([B])(O)O. The van der Waals surface area contributed by atoms with Gasteiger partial charge in [0.05, 0.1) is 6.61 Å². The monoisotopic (exact) mass is 353 g/mol. The molecule has 0 saturated heterocycles. The summed E-state index contributed by atoms with van der Waals surface area (Å²) >= 11 is 0. The average molecular weight is 353 g/mol. The number of rotatable bonds is 9. The summed E-state index contributed by atoms with van der Waals surface area (Å²) in [4.78, 5) is 0.615. The number of hydrogen-bond donors (Lipinski definition) is 3. The Hall–Kier alpha value is -0.945. The molecule has 0 spiro atoms. The Morgan fingerprint density at radius 3 is 2.38 bits per heavy atom. The predicted molar refractivity (Wildman–Crippen MR) is 103 cm³/mol. The highest BCUT2D eigenvalue weighted by Crippen LogP contribution is 2.25. The zero-order valence-electron chi connectivity index (χ0n) is 15.2. The largest absolute Gasteiger partial charge is 0.493 e. The molecule has 2 rings (SSSR count). The minimum Gasteiger partial charge on any atom is -0.493 e. The lowest BCUT2D eigenvalue weighted by molar-refractivity contribution is -0.235. The molecule has 6 radical (unpaired) electrons. The minimum atomic E-state index is -2.80. The van der Waals surface area contributed by atoms with Gasteiger partial charge in [-0.2, -0.15) is 0 Å². The summed E-state index contributed by atoms with van der Waals surface area (Å²) in [5.41, 5.74) is -1.40. The zero-order chi connectivity index (χ0) is 19.2. The molecule has 1 saturated carbocycles. The Kier molecular flexibility index (Phi) is 7.65. The fraction of sp³-hybridized carbons (Fsp3) is 0.667. The molecule has 0 heterocycles. The Balaban J connectivity index is 1.84. The van der Waals surface area contributed by atoms with Crippen LogP contribution in [0.15, 0.2) is 24.3 Å². The first-order chi connectivity index (χ1) is 12.2. The summed E-state index contributed by atoms with van der Waals surface area (Å²) in [6.07, 6.45) is 7.45. The predicted octanol–water partition coefficient (Wildman–Crippen LogP) is 0.585. The van der Waals surface area contributed by atoms with Crippen LogP contribution in [0, 0.1) is 5.92 Å². The summed E-state index contributed by atoms with van der Waals surface area (Å²) in [7, 11) is 15.8. The third-order valence-electron chi connectivity index (χ3n) is 4.79. The first-order valence-corrected chi connectivity index (χ1v) is 9.19. The van der Waals surface area contributed by atoms with E-state index in [0.717, 1.165) is 17.9 Å². The molecule has 1 aliphatic rings. The molecule has 5 nitrogen and oxygen atoms in total. The first-order valence-electron chi connectivity index (χ1n) is 9.19. The molecule has 1 fully saturated rings. The second kappa shape index (κ2) is 9.31. The highest BCUT2D eigenvalue weighted by molar-refractivity contribution is 6.38. The van der Waals surface area contributed by atoms with Crippen molar-refractivity contribution in [2.45, 2.75) is 56.3 Å². The van der Waals surface area contributed by atoms with Crippen LogP contribution in [0.4, 0.5) is 0 Å². The lowest BCUT2D eigenvalue weighted by Crippen LogP contribution is -2.62. The molecule has 1 aromatic carbocycles. The van der Waals surface area contributed by atoms with E-state index < -0.39 is 11.3 Å². The summed E-state index contributed by atoms with van der Waals surface area (Å²) < 4.78 is 5.93. The molecule has 1 aromatic rings. The van der Waals surface area contributed by atoms with Crippen molar-refractivity contribution < 1.29 is 20.1 Å². The molecule has 0 aromatic heterocycles. The standard InChI is InChI=1S/C18H26B3NO4/c19-17(20,23)22(18(21,24)25)11-5-9-14-8-4-10-16(12-14)26-13-15-6-2-1-3-7-15/h4,8,10,12,15,23-25H,1-3,5-7,9,11,13H2. The van der Waals surface area contributed by atoms with Crippen molar-refractivity contribution in [1.29, 1.82) is 0 Å². The fourth-order valence-corrected chi connectivity index (χ4v) is 3.41. The van der Waals surface area contributed by atoms with Gasteiger partial charge < -0.3 is 20.1 Å². The molecule has 0 amide bonds. The van der Waals surface area contributed by atoms with Gasteiger partial charge >= 0.3 is 0 Å². The second-order valence-corrected chi connectivity index (χ2v) is 7.19. The third kappa shape index (κ3) is 6.99. The number of hydrogen-bond acceptors (Lipinski definition) is 5. The van der Waals surface area contributed by atoms with Crippen LogP contribution in [0.25, 0.3) is 0 Å². The lowest BCUT2D eigenvalue weighted by atomic mass is 9.70. The number of ether oxygens (including phenoxy) is 1. The molecule has 26 heavy (non-hydrogen) atoms. The van der Waals surface area contributed by atoms with Crippen LogP contribution in [0.2, 0.25) is 0 Å². The van der Waals surface area contributed by atoms with Gasteiger partial charge in [0.2, 0.25) is 0 Å². The lowest BCUT2D eigenvalue weighted by Gasteiger charge is -2.43. The number of aryl methyl sites for hydroxylation is 1. The van der Waals surface area contributed by atoms with Crippen molar-refractivity contribution in [1.82, 2.24) is 4.90 Å². The van der Waals surface area contributed by atoms with Crippen molar-refractivity contribution in [2.75, 3.05) is 13.2 Å². The van der Waals surface area contributed by atoms with Crippen molar-refractivity contribution in [3.63, 3.8) is 0 Å². The molecular formula is C18H26B3NO4.